The van der Waals surface area contributed by atoms with Gasteiger partial charge in [-0.25, -0.2) is 8.42 Å². The molecule has 2 aliphatic rings. The predicted octanol–water partition coefficient (Wildman–Crippen LogP) is 4.43. The van der Waals surface area contributed by atoms with Gasteiger partial charge in [-0.3, -0.25) is 4.79 Å². The van der Waals surface area contributed by atoms with Crippen LogP contribution in [0.4, 0.5) is 5.69 Å². The van der Waals surface area contributed by atoms with E-state index in [1.54, 1.807) is 12.1 Å². The average Bonchev–Trinajstić information content (AvgIpc) is 3.65. The Labute approximate surface area is 193 Å². The lowest BCUT2D eigenvalue weighted by atomic mass is 9.97. The molecule has 3 aromatic carbocycles. The van der Waals surface area contributed by atoms with Gasteiger partial charge in [-0.1, -0.05) is 42.5 Å². The van der Waals surface area contributed by atoms with E-state index in [2.05, 4.69) is 11.4 Å². The number of fused-ring (bicyclic) bond motifs is 1. The number of piperidine rings is 1. The molecular weight excluding hydrogens is 434 g/mol. The van der Waals surface area contributed by atoms with E-state index in [0.29, 0.717) is 25.1 Å². The predicted molar refractivity (Wildman–Crippen MR) is 127 cm³/mol. The summed E-state index contributed by atoms with van der Waals surface area (Å²) < 4.78 is 28.0. The maximum absolute atomic E-state index is 13.3. The van der Waals surface area contributed by atoms with Crippen LogP contribution in [0.5, 0.6) is 0 Å². The number of hydrogen-bond acceptors (Lipinski definition) is 4. The molecule has 0 spiro atoms. The van der Waals surface area contributed by atoms with Gasteiger partial charge in [0.2, 0.25) is 15.9 Å². The average molecular weight is 460 g/mol. The van der Waals surface area contributed by atoms with Gasteiger partial charge in [0.15, 0.2) is 0 Å². The number of anilines is 1. The minimum absolute atomic E-state index is 0.163. The molecule has 1 atom stereocenters. The summed E-state index contributed by atoms with van der Waals surface area (Å²) in [5.41, 5.74) is 1.28. The van der Waals surface area contributed by atoms with Gasteiger partial charge in [-0.05, 0) is 66.3 Å². The summed E-state index contributed by atoms with van der Waals surface area (Å²) in [6.45, 7) is 0.570. The van der Waals surface area contributed by atoms with E-state index in [0.717, 1.165) is 29.2 Å². The fourth-order valence-electron chi connectivity index (χ4n) is 4.56. The third-order valence-corrected chi connectivity index (χ3v) is 8.64. The summed E-state index contributed by atoms with van der Waals surface area (Å²) in [6, 6.07) is 22.6. The van der Waals surface area contributed by atoms with E-state index in [1.807, 2.05) is 54.6 Å². The molecule has 33 heavy (non-hydrogen) atoms. The molecule has 2 fully saturated rings. The maximum atomic E-state index is 13.3. The lowest BCUT2D eigenvalue weighted by Crippen LogP contribution is -2.43. The van der Waals surface area contributed by atoms with Gasteiger partial charge >= 0.3 is 0 Å². The highest BCUT2D eigenvalue weighted by molar-refractivity contribution is 7.89. The first-order valence-electron chi connectivity index (χ1n) is 11.2. The highest BCUT2D eigenvalue weighted by Gasteiger charge is 2.44. The Kier molecular flexibility index (Phi) is 5.43. The number of hydrogen-bond donors (Lipinski definition) is 1. The lowest BCUT2D eigenvalue weighted by Gasteiger charge is -2.31. The molecule has 1 aliphatic carbocycles. The molecule has 1 N–H and O–H groups in total. The van der Waals surface area contributed by atoms with Crippen LogP contribution in [0.3, 0.4) is 0 Å². The molecule has 7 heteroatoms. The first kappa shape index (κ1) is 21.6. The fraction of sp³-hybridized carbons (Fsp3) is 0.308. The molecule has 168 valence electrons. The van der Waals surface area contributed by atoms with E-state index < -0.39 is 15.9 Å². The van der Waals surface area contributed by atoms with E-state index in [1.165, 1.54) is 4.31 Å². The monoisotopic (exact) mass is 459 g/mol. The van der Waals surface area contributed by atoms with Crippen LogP contribution < -0.4 is 5.32 Å². The normalized spacial score (nSPS) is 20.2. The molecular formula is C26H25N3O3S. The molecule has 1 saturated heterocycles. The van der Waals surface area contributed by atoms with Crippen molar-refractivity contribution in [2.75, 3.05) is 18.4 Å². The van der Waals surface area contributed by atoms with Crippen LogP contribution in [0, 0.1) is 17.2 Å². The van der Waals surface area contributed by atoms with Crippen molar-refractivity contribution in [2.24, 2.45) is 5.92 Å². The molecule has 0 radical (unpaired) electrons. The Morgan fingerprint density at radius 2 is 1.76 bits per heavy atom. The number of nitrogens with zero attached hydrogens (tertiary/aromatic N) is 2. The molecule has 1 saturated carbocycles. The minimum Gasteiger partial charge on any atom is -0.326 e. The van der Waals surface area contributed by atoms with Crippen molar-refractivity contribution in [3.05, 3.63) is 72.3 Å². The van der Waals surface area contributed by atoms with Crippen molar-refractivity contribution in [1.29, 1.82) is 5.26 Å². The van der Waals surface area contributed by atoms with Gasteiger partial charge in [-0.2, -0.15) is 9.57 Å². The second-order valence-corrected chi connectivity index (χ2v) is 10.9. The van der Waals surface area contributed by atoms with Crippen LogP contribution in [0.2, 0.25) is 0 Å². The number of nitriles is 1. The molecule has 1 aliphatic heterocycles. The summed E-state index contributed by atoms with van der Waals surface area (Å²) in [6.07, 6.45) is 3.03. The number of sulfonamides is 1. The first-order valence-corrected chi connectivity index (χ1v) is 12.7. The van der Waals surface area contributed by atoms with Crippen LogP contribution in [-0.4, -0.2) is 31.7 Å². The lowest BCUT2D eigenvalue weighted by molar-refractivity contribution is -0.120. The van der Waals surface area contributed by atoms with Crippen LogP contribution >= 0.6 is 0 Å². The molecule has 1 amide bonds. The van der Waals surface area contributed by atoms with Crippen molar-refractivity contribution in [1.82, 2.24) is 4.31 Å². The summed E-state index contributed by atoms with van der Waals surface area (Å²) in [5, 5.41) is 14.1. The van der Waals surface area contributed by atoms with Crippen molar-refractivity contribution >= 4 is 32.4 Å². The van der Waals surface area contributed by atoms with Gasteiger partial charge in [0.1, 0.15) is 0 Å². The molecule has 0 aromatic heterocycles. The molecule has 5 rings (SSSR count). The molecule has 6 nitrogen and oxygen atoms in total. The van der Waals surface area contributed by atoms with Crippen LogP contribution in [0.25, 0.3) is 10.8 Å². The van der Waals surface area contributed by atoms with E-state index in [4.69, 9.17) is 0 Å². The standard InChI is InChI=1S/C26H25N3O3S/c27-18-26(13-14-26)22-8-10-23(11-9-22)28-25(30)21-6-3-15-29(17-21)33(31,32)24-12-7-19-4-1-2-5-20(19)16-24/h1-2,4-5,7-12,16,21H,3,6,13-15,17H2,(H,28,30)/t21-/m1/s1. The summed E-state index contributed by atoms with van der Waals surface area (Å²) in [5.74, 6) is -0.592. The third kappa shape index (κ3) is 4.12. The quantitative estimate of drug-likeness (QED) is 0.611. The van der Waals surface area contributed by atoms with Crippen molar-refractivity contribution in [3.63, 3.8) is 0 Å². The zero-order chi connectivity index (χ0) is 23.1. The highest BCUT2D eigenvalue weighted by atomic mass is 32.2. The Morgan fingerprint density at radius 3 is 2.45 bits per heavy atom. The van der Waals surface area contributed by atoms with Gasteiger partial charge < -0.3 is 5.32 Å². The fourth-order valence-corrected chi connectivity index (χ4v) is 6.12. The maximum Gasteiger partial charge on any atom is 0.243 e. The first-order chi connectivity index (χ1) is 15.9. The Morgan fingerprint density at radius 1 is 1.03 bits per heavy atom. The number of rotatable bonds is 5. The smallest absolute Gasteiger partial charge is 0.243 e. The Balaban J connectivity index is 1.28. The number of nitrogens with one attached hydrogen (secondary N) is 1. The SMILES string of the molecule is N#CC1(c2ccc(NC(=O)[C@@H]3CCCN(S(=O)(=O)c4ccc5ccccc5c4)C3)cc2)CC1. The number of carbonyl (C=O) groups is 1. The van der Waals surface area contributed by atoms with Crippen LogP contribution in [-0.2, 0) is 20.2 Å². The van der Waals surface area contributed by atoms with E-state index in [-0.39, 0.29) is 22.8 Å². The third-order valence-electron chi connectivity index (χ3n) is 6.78. The second-order valence-electron chi connectivity index (χ2n) is 8.97. The summed E-state index contributed by atoms with van der Waals surface area (Å²) >= 11 is 0. The van der Waals surface area contributed by atoms with Crippen LogP contribution in [0.1, 0.15) is 31.2 Å². The topological polar surface area (TPSA) is 90.3 Å². The second kappa shape index (κ2) is 8.29. The van der Waals surface area contributed by atoms with Gasteiger partial charge in [0.05, 0.1) is 22.3 Å². The minimum atomic E-state index is -3.69. The van der Waals surface area contributed by atoms with E-state index in [9.17, 15) is 18.5 Å². The van der Waals surface area contributed by atoms with Gasteiger partial charge in [-0.15, -0.1) is 0 Å². The van der Waals surface area contributed by atoms with Crippen molar-refractivity contribution in [3.8, 4) is 6.07 Å². The zero-order valence-electron chi connectivity index (χ0n) is 18.2. The van der Waals surface area contributed by atoms with Crippen molar-refractivity contribution in [2.45, 2.75) is 36.0 Å². The van der Waals surface area contributed by atoms with E-state index >= 15 is 0 Å². The molecule has 0 unspecified atom stereocenters. The number of carbonyl (C=O) groups excluding carboxylic acids is 1. The van der Waals surface area contributed by atoms with Gasteiger partial charge in [0, 0.05) is 18.8 Å². The zero-order valence-corrected chi connectivity index (χ0v) is 19.0. The number of benzene rings is 3. The largest absolute Gasteiger partial charge is 0.326 e. The highest BCUT2D eigenvalue weighted by Crippen LogP contribution is 2.47. The Hall–Kier alpha value is -3.21. The van der Waals surface area contributed by atoms with Crippen molar-refractivity contribution < 1.29 is 13.2 Å². The summed E-state index contributed by atoms with van der Waals surface area (Å²) in [4.78, 5) is 13.2. The summed E-state index contributed by atoms with van der Waals surface area (Å²) in [7, 11) is -3.69. The molecule has 1 heterocycles. The van der Waals surface area contributed by atoms with Gasteiger partial charge in [0.25, 0.3) is 0 Å². The molecule has 0 bridgehead atoms. The number of amides is 1. The Bertz CT molecular complexity index is 1360. The molecule has 3 aromatic rings. The van der Waals surface area contributed by atoms with Crippen LogP contribution in [0.15, 0.2) is 71.6 Å².